The zero-order valence-corrected chi connectivity index (χ0v) is 9.22. The van der Waals surface area contributed by atoms with Crippen molar-refractivity contribution in [2.24, 2.45) is 19.2 Å². The first-order valence-electron chi connectivity index (χ1n) is 4.49. The molecule has 0 fully saturated rings. The lowest BCUT2D eigenvalue weighted by Gasteiger charge is -2.02. The summed E-state index contributed by atoms with van der Waals surface area (Å²) in [5, 5.41) is 3.56. The number of aryl methyl sites for hydroxylation is 1. The number of nitrogens with zero attached hydrogens (tertiary/aromatic N) is 3. The molecule has 0 radical (unpaired) electrons. The van der Waals surface area contributed by atoms with E-state index in [0.717, 1.165) is 4.57 Å². The SMILES string of the molecule is CC(=O)N/N=C/c1cn(C)c(=O)n(C)c1=O. The van der Waals surface area contributed by atoms with Crippen molar-refractivity contribution in [2.45, 2.75) is 6.92 Å². The Balaban J connectivity index is 3.17. The summed E-state index contributed by atoms with van der Waals surface area (Å²) in [6, 6.07) is 0. The molecule has 16 heavy (non-hydrogen) atoms. The van der Waals surface area contributed by atoms with Crippen LogP contribution in [0.5, 0.6) is 0 Å². The molecule has 0 saturated carbocycles. The molecule has 0 saturated heterocycles. The van der Waals surface area contributed by atoms with Gasteiger partial charge in [-0.1, -0.05) is 0 Å². The number of rotatable bonds is 2. The molecule has 1 N–H and O–H groups in total. The maximum Gasteiger partial charge on any atom is 0.330 e. The van der Waals surface area contributed by atoms with Gasteiger partial charge in [0.05, 0.1) is 11.8 Å². The minimum atomic E-state index is -0.461. The monoisotopic (exact) mass is 224 g/mol. The summed E-state index contributed by atoms with van der Waals surface area (Å²) < 4.78 is 2.23. The van der Waals surface area contributed by atoms with Crippen molar-refractivity contribution < 1.29 is 4.79 Å². The third-order valence-electron chi connectivity index (χ3n) is 1.90. The zero-order valence-electron chi connectivity index (χ0n) is 9.22. The van der Waals surface area contributed by atoms with Crippen LogP contribution in [0.1, 0.15) is 12.5 Å². The highest BCUT2D eigenvalue weighted by Crippen LogP contribution is 1.82. The number of hydrazone groups is 1. The van der Waals surface area contributed by atoms with Crippen molar-refractivity contribution in [3.8, 4) is 0 Å². The van der Waals surface area contributed by atoms with Crippen molar-refractivity contribution in [2.75, 3.05) is 0 Å². The lowest BCUT2D eigenvalue weighted by atomic mass is 10.3. The molecular formula is C9H12N4O3. The number of nitrogens with one attached hydrogen (secondary N) is 1. The van der Waals surface area contributed by atoms with Gasteiger partial charge in [-0.25, -0.2) is 10.2 Å². The standard InChI is InChI=1S/C9H12N4O3/c1-6(14)11-10-4-7-5-12(2)9(16)13(3)8(7)15/h4-5H,1-3H3,(H,11,14)/b10-4+. The Hall–Kier alpha value is -2.18. The van der Waals surface area contributed by atoms with E-state index in [1.807, 2.05) is 0 Å². The molecule has 0 unspecified atom stereocenters. The summed E-state index contributed by atoms with van der Waals surface area (Å²) in [4.78, 5) is 33.4. The van der Waals surface area contributed by atoms with Gasteiger partial charge in [-0.2, -0.15) is 5.10 Å². The maximum atomic E-state index is 11.6. The van der Waals surface area contributed by atoms with Crippen LogP contribution in [-0.2, 0) is 18.9 Å². The molecule has 0 aliphatic heterocycles. The van der Waals surface area contributed by atoms with Crippen LogP contribution in [-0.4, -0.2) is 21.3 Å². The second kappa shape index (κ2) is 4.56. The van der Waals surface area contributed by atoms with Crippen molar-refractivity contribution in [1.29, 1.82) is 0 Å². The molecule has 0 atom stereocenters. The third kappa shape index (κ3) is 2.44. The lowest BCUT2D eigenvalue weighted by molar-refractivity contribution is -0.118. The zero-order chi connectivity index (χ0) is 12.3. The van der Waals surface area contributed by atoms with Gasteiger partial charge in [0.25, 0.3) is 5.56 Å². The van der Waals surface area contributed by atoms with Crippen molar-refractivity contribution in [3.05, 3.63) is 32.6 Å². The summed E-state index contributed by atoms with van der Waals surface area (Å²) in [7, 11) is 2.90. The average molecular weight is 224 g/mol. The van der Waals surface area contributed by atoms with E-state index in [-0.39, 0.29) is 11.5 Å². The van der Waals surface area contributed by atoms with E-state index in [4.69, 9.17) is 0 Å². The van der Waals surface area contributed by atoms with Crippen LogP contribution in [0.4, 0.5) is 0 Å². The Bertz CT molecular complexity index is 553. The van der Waals surface area contributed by atoms with E-state index in [0.29, 0.717) is 0 Å². The van der Waals surface area contributed by atoms with Crippen molar-refractivity contribution in [1.82, 2.24) is 14.6 Å². The summed E-state index contributed by atoms with van der Waals surface area (Å²) >= 11 is 0. The summed E-state index contributed by atoms with van der Waals surface area (Å²) in [5.74, 6) is -0.335. The number of amides is 1. The van der Waals surface area contributed by atoms with Crippen LogP contribution in [0.15, 0.2) is 20.9 Å². The minimum absolute atomic E-state index is 0.221. The predicted octanol–water partition coefficient (Wildman–Crippen LogP) is -1.45. The smallest absolute Gasteiger partial charge is 0.303 e. The maximum absolute atomic E-state index is 11.6. The molecule has 0 spiro atoms. The van der Waals surface area contributed by atoms with Crippen LogP contribution >= 0.6 is 0 Å². The number of hydrogen-bond acceptors (Lipinski definition) is 4. The highest BCUT2D eigenvalue weighted by molar-refractivity contribution is 5.80. The molecule has 7 heteroatoms. The fourth-order valence-electron chi connectivity index (χ4n) is 1.12. The first kappa shape index (κ1) is 11.9. The fourth-order valence-corrected chi connectivity index (χ4v) is 1.12. The molecule has 0 aliphatic rings. The fraction of sp³-hybridized carbons (Fsp3) is 0.333. The van der Waals surface area contributed by atoms with Crippen LogP contribution in [0, 0.1) is 0 Å². The van der Waals surface area contributed by atoms with E-state index >= 15 is 0 Å². The molecule has 0 aliphatic carbocycles. The second-order valence-corrected chi connectivity index (χ2v) is 3.27. The van der Waals surface area contributed by atoms with E-state index in [1.54, 1.807) is 0 Å². The van der Waals surface area contributed by atoms with Gasteiger partial charge >= 0.3 is 5.69 Å². The Morgan fingerprint density at radius 1 is 1.44 bits per heavy atom. The van der Waals surface area contributed by atoms with E-state index < -0.39 is 11.2 Å². The number of hydrogen-bond donors (Lipinski definition) is 1. The molecule has 86 valence electrons. The van der Waals surface area contributed by atoms with E-state index in [1.165, 1.54) is 38.0 Å². The van der Waals surface area contributed by atoms with Crippen LogP contribution < -0.4 is 16.7 Å². The first-order valence-corrected chi connectivity index (χ1v) is 4.49. The molecular weight excluding hydrogens is 212 g/mol. The molecule has 0 bridgehead atoms. The largest absolute Gasteiger partial charge is 0.330 e. The second-order valence-electron chi connectivity index (χ2n) is 3.27. The molecule has 1 aromatic rings. The van der Waals surface area contributed by atoms with Crippen LogP contribution in [0.3, 0.4) is 0 Å². The molecule has 1 rings (SSSR count). The van der Waals surface area contributed by atoms with Gasteiger partial charge in [-0.15, -0.1) is 0 Å². The average Bonchev–Trinajstić information content (AvgIpc) is 2.22. The highest BCUT2D eigenvalue weighted by atomic mass is 16.2. The van der Waals surface area contributed by atoms with Crippen LogP contribution in [0.2, 0.25) is 0 Å². The topological polar surface area (TPSA) is 85.5 Å². The molecule has 1 heterocycles. The lowest BCUT2D eigenvalue weighted by Crippen LogP contribution is -2.38. The van der Waals surface area contributed by atoms with Crippen molar-refractivity contribution >= 4 is 12.1 Å². The minimum Gasteiger partial charge on any atom is -0.303 e. The van der Waals surface area contributed by atoms with Crippen LogP contribution in [0.25, 0.3) is 0 Å². The number of carbonyl (C=O) groups excluding carboxylic acids is 1. The normalized spacial score (nSPS) is 10.7. The molecule has 7 nitrogen and oxygen atoms in total. The summed E-state index contributed by atoms with van der Waals surface area (Å²) in [6.07, 6.45) is 2.55. The molecule has 1 amide bonds. The Morgan fingerprint density at radius 2 is 2.06 bits per heavy atom. The van der Waals surface area contributed by atoms with E-state index in [9.17, 15) is 14.4 Å². The molecule has 0 aromatic carbocycles. The third-order valence-corrected chi connectivity index (χ3v) is 1.90. The number of aromatic nitrogens is 2. The Labute approximate surface area is 91.0 Å². The summed E-state index contributed by atoms with van der Waals surface area (Å²) in [5.41, 5.74) is 1.51. The van der Waals surface area contributed by atoms with Gasteiger partial charge in [0.2, 0.25) is 5.91 Å². The van der Waals surface area contributed by atoms with Gasteiger partial charge < -0.3 is 4.57 Å². The van der Waals surface area contributed by atoms with E-state index in [2.05, 4.69) is 10.5 Å². The number of carbonyl (C=O) groups is 1. The van der Waals surface area contributed by atoms with Gasteiger partial charge in [0.1, 0.15) is 0 Å². The first-order chi connectivity index (χ1) is 7.43. The Morgan fingerprint density at radius 3 is 2.62 bits per heavy atom. The Kier molecular flexibility index (Phi) is 3.39. The quantitative estimate of drug-likeness (QED) is 0.493. The summed E-state index contributed by atoms with van der Waals surface area (Å²) in [6.45, 7) is 1.30. The predicted molar refractivity (Wildman–Crippen MR) is 58.3 cm³/mol. The van der Waals surface area contributed by atoms with Crippen molar-refractivity contribution in [3.63, 3.8) is 0 Å². The molecule has 1 aromatic heterocycles. The van der Waals surface area contributed by atoms with Gasteiger partial charge in [-0.3, -0.25) is 14.2 Å². The van der Waals surface area contributed by atoms with Gasteiger partial charge in [-0.05, 0) is 0 Å². The van der Waals surface area contributed by atoms with Gasteiger partial charge in [0.15, 0.2) is 0 Å². The van der Waals surface area contributed by atoms with Gasteiger partial charge in [0, 0.05) is 27.2 Å². The highest BCUT2D eigenvalue weighted by Gasteiger charge is 2.03.